The highest BCUT2D eigenvalue weighted by Gasteiger charge is 2.28. The predicted octanol–water partition coefficient (Wildman–Crippen LogP) is 3.07. The molecule has 2 aliphatic heterocycles. The topological polar surface area (TPSA) is 147 Å². The third-order valence-electron chi connectivity index (χ3n) is 7.78. The van der Waals surface area contributed by atoms with Gasteiger partial charge in [-0.3, -0.25) is 19.7 Å². The molecule has 2 saturated heterocycles. The van der Waals surface area contributed by atoms with Crippen molar-refractivity contribution in [3.05, 3.63) is 59.0 Å². The molecule has 2 fully saturated rings. The summed E-state index contributed by atoms with van der Waals surface area (Å²) >= 11 is 1.43. The zero-order valence-corrected chi connectivity index (χ0v) is 28.3. The zero-order valence-electron chi connectivity index (χ0n) is 27.5. The van der Waals surface area contributed by atoms with Gasteiger partial charge in [0.25, 0.3) is 5.91 Å². The van der Waals surface area contributed by atoms with Crippen LogP contribution in [-0.2, 0) is 33.3 Å². The lowest BCUT2D eigenvalue weighted by molar-refractivity contribution is -0.134. The largest absolute Gasteiger partial charge is 0.487 e. The Kier molecular flexibility index (Phi) is 14.3. The number of carbonyl (C=O) groups is 3. The number of piperidine rings is 1. The molecule has 2 aliphatic rings. The van der Waals surface area contributed by atoms with Gasteiger partial charge in [0.15, 0.2) is 23.3 Å². The fraction of sp³-hybridized carbons (Fsp3) is 0.471. The maximum atomic E-state index is 14.7. The SMILES string of the molecule is O=C(COc1ccc(C2CCC(=O)NC2=O)cc1)NCCOCCOCCOCCOc1c(-c2csc(N3CCOCC3)n2)ccc(F)c1F. The van der Waals surface area contributed by atoms with Crippen molar-refractivity contribution < 1.29 is 51.6 Å². The van der Waals surface area contributed by atoms with Crippen molar-refractivity contribution in [3.63, 3.8) is 0 Å². The van der Waals surface area contributed by atoms with Gasteiger partial charge in [0.05, 0.1) is 64.5 Å². The summed E-state index contributed by atoms with van der Waals surface area (Å²) < 4.78 is 61.6. The number of imide groups is 1. The Labute approximate surface area is 292 Å². The van der Waals surface area contributed by atoms with Crippen molar-refractivity contribution in [1.29, 1.82) is 0 Å². The molecule has 270 valence electrons. The Morgan fingerprint density at radius 1 is 0.940 bits per heavy atom. The van der Waals surface area contributed by atoms with E-state index in [4.69, 9.17) is 28.4 Å². The van der Waals surface area contributed by atoms with Crippen LogP contribution in [0.25, 0.3) is 11.3 Å². The molecule has 1 aromatic heterocycles. The monoisotopic (exact) mass is 718 g/mol. The number of benzene rings is 2. The molecule has 13 nitrogen and oxygen atoms in total. The number of amides is 3. The van der Waals surface area contributed by atoms with Gasteiger partial charge >= 0.3 is 0 Å². The maximum absolute atomic E-state index is 14.7. The lowest BCUT2D eigenvalue weighted by Gasteiger charge is -2.26. The highest BCUT2D eigenvalue weighted by molar-refractivity contribution is 7.14. The van der Waals surface area contributed by atoms with E-state index in [0.717, 1.165) is 29.9 Å². The van der Waals surface area contributed by atoms with E-state index >= 15 is 0 Å². The van der Waals surface area contributed by atoms with Crippen LogP contribution in [-0.4, -0.2) is 108 Å². The molecule has 3 heterocycles. The number of hydrogen-bond acceptors (Lipinski definition) is 12. The Hall–Kier alpha value is -4.22. The molecule has 0 saturated carbocycles. The van der Waals surface area contributed by atoms with E-state index in [0.29, 0.717) is 69.4 Å². The van der Waals surface area contributed by atoms with Crippen molar-refractivity contribution >= 4 is 34.2 Å². The van der Waals surface area contributed by atoms with Gasteiger partial charge in [0.2, 0.25) is 17.6 Å². The molecule has 3 aromatic rings. The van der Waals surface area contributed by atoms with Crippen LogP contribution in [0.2, 0.25) is 0 Å². The van der Waals surface area contributed by atoms with Crippen LogP contribution in [0, 0.1) is 11.6 Å². The fourth-order valence-corrected chi connectivity index (χ4v) is 6.06. The summed E-state index contributed by atoms with van der Waals surface area (Å²) in [4.78, 5) is 42.1. The predicted molar refractivity (Wildman–Crippen MR) is 179 cm³/mol. The minimum absolute atomic E-state index is 0.00451. The molecule has 0 bridgehead atoms. The molecule has 2 N–H and O–H groups in total. The average Bonchev–Trinajstić information content (AvgIpc) is 3.62. The molecule has 0 spiro atoms. The van der Waals surface area contributed by atoms with Crippen molar-refractivity contribution in [1.82, 2.24) is 15.6 Å². The summed E-state index contributed by atoms with van der Waals surface area (Å²) in [6.07, 6.45) is 0.765. The minimum Gasteiger partial charge on any atom is -0.487 e. The molecule has 1 unspecified atom stereocenters. The highest BCUT2D eigenvalue weighted by Crippen LogP contribution is 2.36. The number of ether oxygens (including phenoxy) is 6. The average molecular weight is 719 g/mol. The maximum Gasteiger partial charge on any atom is 0.258 e. The van der Waals surface area contributed by atoms with E-state index in [9.17, 15) is 23.2 Å². The standard InChI is InChI=1S/C34H40F2N4O9S/c35-27-7-5-26(28-22-50-34(38-28)40-10-13-45-14-11-40)32(31(27)36)48-20-19-47-18-17-46-16-15-44-12-9-37-30(42)21-49-24-3-1-23(2-4-24)25-6-8-29(41)39-33(25)43/h1-5,7,22,25H,6,8-21H2,(H,37,42)(H,39,41,43). The van der Waals surface area contributed by atoms with Crippen LogP contribution in [0.5, 0.6) is 11.5 Å². The summed E-state index contributed by atoms with van der Waals surface area (Å²) in [6.45, 7) is 4.44. The quantitative estimate of drug-likeness (QED) is 0.139. The van der Waals surface area contributed by atoms with Gasteiger partial charge in [-0.15, -0.1) is 11.3 Å². The van der Waals surface area contributed by atoms with Crippen molar-refractivity contribution in [2.45, 2.75) is 18.8 Å². The van der Waals surface area contributed by atoms with Crippen LogP contribution in [0.3, 0.4) is 0 Å². The first-order valence-electron chi connectivity index (χ1n) is 16.3. The lowest BCUT2D eigenvalue weighted by atomic mass is 9.90. The summed E-state index contributed by atoms with van der Waals surface area (Å²) in [5.74, 6) is -3.05. The van der Waals surface area contributed by atoms with Crippen molar-refractivity contribution in [2.75, 3.05) is 90.6 Å². The van der Waals surface area contributed by atoms with Crippen LogP contribution < -0.4 is 25.0 Å². The van der Waals surface area contributed by atoms with E-state index in [1.165, 1.54) is 17.4 Å². The first-order chi connectivity index (χ1) is 24.4. The van der Waals surface area contributed by atoms with Gasteiger partial charge in [-0.2, -0.15) is 4.39 Å². The van der Waals surface area contributed by atoms with Crippen molar-refractivity contribution in [2.24, 2.45) is 0 Å². The van der Waals surface area contributed by atoms with Crippen LogP contribution in [0.4, 0.5) is 13.9 Å². The minimum atomic E-state index is -1.07. The van der Waals surface area contributed by atoms with E-state index in [1.807, 2.05) is 0 Å². The summed E-state index contributed by atoms with van der Waals surface area (Å²) in [6, 6.07) is 9.39. The molecule has 1 atom stereocenters. The zero-order chi connectivity index (χ0) is 35.1. The van der Waals surface area contributed by atoms with Crippen LogP contribution in [0.1, 0.15) is 24.3 Å². The molecule has 50 heavy (non-hydrogen) atoms. The third-order valence-corrected chi connectivity index (χ3v) is 8.68. The Bertz CT molecular complexity index is 1570. The highest BCUT2D eigenvalue weighted by atomic mass is 32.1. The second-order valence-electron chi connectivity index (χ2n) is 11.2. The second kappa shape index (κ2) is 19.2. The Balaban J connectivity index is 0.876. The lowest BCUT2D eigenvalue weighted by Crippen LogP contribution is -2.39. The molecule has 2 aromatic carbocycles. The fourth-order valence-electron chi connectivity index (χ4n) is 5.18. The van der Waals surface area contributed by atoms with Gasteiger partial charge in [0.1, 0.15) is 12.4 Å². The summed E-state index contributed by atoms with van der Waals surface area (Å²) in [5.41, 5.74) is 1.66. The van der Waals surface area contributed by atoms with Gasteiger partial charge < -0.3 is 38.6 Å². The molecule has 3 amide bonds. The molecule has 0 radical (unpaired) electrons. The number of anilines is 1. The Morgan fingerprint density at radius 2 is 1.64 bits per heavy atom. The number of thiazole rings is 1. The number of aromatic nitrogens is 1. The van der Waals surface area contributed by atoms with Crippen molar-refractivity contribution in [3.8, 4) is 22.8 Å². The molecule has 16 heteroatoms. The molecule has 5 rings (SSSR count). The smallest absolute Gasteiger partial charge is 0.258 e. The number of halogens is 2. The molecular formula is C34H40F2N4O9S. The first kappa shape index (κ1) is 37.0. The number of carbonyl (C=O) groups excluding carboxylic acids is 3. The van der Waals surface area contributed by atoms with Gasteiger partial charge in [-0.05, 0) is 36.2 Å². The van der Waals surface area contributed by atoms with E-state index < -0.39 is 11.6 Å². The van der Waals surface area contributed by atoms with E-state index in [1.54, 1.807) is 29.6 Å². The number of nitrogens with one attached hydrogen (secondary N) is 2. The van der Waals surface area contributed by atoms with Gasteiger partial charge in [0, 0.05) is 37.0 Å². The number of nitrogens with zero attached hydrogens (tertiary/aromatic N) is 2. The third kappa shape index (κ3) is 10.9. The van der Waals surface area contributed by atoms with E-state index in [-0.39, 0.29) is 62.4 Å². The Morgan fingerprint density at radius 3 is 2.36 bits per heavy atom. The van der Waals surface area contributed by atoms with Crippen LogP contribution in [0.15, 0.2) is 41.8 Å². The van der Waals surface area contributed by atoms with E-state index in [2.05, 4.69) is 20.5 Å². The molecular weight excluding hydrogens is 678 g/mol. The summed E-state index contributed by atoms with van der Waals surface area (Å²) in [5, 5.41) is 7.63. The number of morpholine rings is 1. The second-order valence-corrected chi connectivity index (χ2v) is 12.1. The number of rotatable bonds is 19. The number of hydrogen-bond donors (Lipinski definition) is 2. The van der Waals surface area contributed by atoms with Gasteiger partial charge in [-0.1, -0.05) is 12.1 Å². The molecule has 0 aliphatic carbocycles. The van der Waals surface area contributed by atoms with Gasteiger partial charge in [-0.25, -0.2) is 9.37 Å². The normalized spacial score (nSPS) is 16.3. The summed E-state index contributed by atoms with van der Waals surface area (Å²) in [7, 11) is 0. The first-order valence-corrected chi connectivity index (χ1v) is 17.2. The van der Waals surface area contributed by atoms with Crippen LogP contribution >= 0.6 is 11.3 Å².